The number of halogens is 6. The third-order valence-electron chi connectivity index (χ3n) is 24.4. The Labute approximate surface area is 840 Å². The Bertz CT molecular complexity index is 5980. The van der Waals surface area contributed by atoms with Crippen LogP contribution in [-0.2, 0) is 19.1 Å². The van der Waals surface area contributed by atoms with E-state index in [2.05, 4.69) is 69.7 Å². The minimum Gasteiger partial charge on any atom is -0.870 e. The molecule has 0 spiro atoms. The van der Waals surface area contributed by atoms with Gasteiger partial charge in [0.25, 0.3) is 0 Å². The summed E-state index contributed by atoms with van der Waals surface area (Å²) in [6, 6.07) is 18.3. The van der Waals surface area contributed by atoms with Crippen LogP contribution in [0.2, 0.25) is 0 Å². The number of nitrogens with zero attached hydrogens (tertiary/aromatic N) is 11. The van der Waals surface area contributed by atoms with E-state index in [9.17, 15) is 32.3 Å². The summed E-state index contributed by atoms with van der Waals surface area (Å²) < 4.78 is 139. The summed E-state index contributed by atoms with van der Waals surface area (Å²) in [5.41, 5.74) is 26.4. The first kappa shape index (κ1) is 118. The molecule has 14 rings (SSSR count). The van der Waals surface area contributed by atoms with E-state index in [1.807, 2.05) is 114 Å². The maximum atomic E-state index is 15.3. The van der Waals surface area contributed by atoms with E-state index < -0.39 is 34.5 Å². The number of likely N-dealkylation sites (tertiary alicyclic amines) is 2. The minimum absolute atomic E-state index is 0. The molecule has 33 nitrogen and oxygen atoms in total. The van der Waals surface area contributed by atoms with Crippen LogP contribution in [0.25, 0.3) is 49.2 Å². The van der Waals surface area contributed by atoms with Gasteiger partial charge in [-0.1, -0.05) is 59.0 Å². The van der Waals surface area contributed by atoms with E-state index in [-0.39, 0.29) is 233 Å². The third-order valence-corrected chi connectivity index (χ3v) is 24.4. The van der Waals surface area contributed by atoms with Crippen molar-refractivity contribution in [2.45, 2.75) is 273 Å². The van der Waals surface area contributed by atoms with Crippen molar-refractivity contribution < 1.29 is 117 Å². The maximum absolute atomic E-state index is 15.3. The fourth-order valence-electron chi connectivity index (χ4n) is 18.4. The molecule has 4 aliphatic heterocycles. The number of aromatic nitrogens is 8. The van der Waals surface area contributed by atoms with Crippen molar-refractivity contribution in [1.29, 1.82) is 0 Å². The molecule has 6 aromatic carbocycles. The number of piperidine rings is 3. The zero-order chi connectivity index (χ0) is 102. The van der Waals surface area contributed by atoms with Crippen molar-refractivity contribution in [1.82, 2.24) is 70.5 Å². The quantitative estimate of drug-likeness (QED) is 0.0188. The maximum Gasteiger partial charge on any atom is 1.00 e. The Morgan fingerprint density at radius 3 is 1.07 bits per heavy atom. The zero-order valence-corrected chi connectivity index (χ0v) is 84.4. The Morgan fingerprint density at radius 2 is 0.754 bits per heavy atom. The van der Waals surface area contributed by atoms with Gasteiger partial charge in [0, 0.05) is 100 Å². The normalized spacial score (nSPS) is 19.7. The third kappa shape index (κ3) is 28.0. The van der Waals surface area contributed by atoms with Crippen LogP contribution in [0.1, 0.15) is 248 Å². The van der Waals surface area contributed by atoms with Crippen LogP contribution in [0.5, 0.6) is 46.0 Å². The van der Waals surface area contributed by atoms with Crippen LogP contribution in [-0.4, -0.2) is 214 Å². The summed E-state index contributed by atoms with van der Waals surface area (Å²) in [4.78, 5) is 90.2. The number of amides is 3. The molecule has 8 heterocycles. The first-order chi connectivity index (χ1) is 65.3. The number of ether oxygens (including phenoxy) is 10. The van der Waals surface area contributed by atoms with Crippen LogP contribution in [0.4, 0.5) is 59.2 Å². The van der Waals surface area contributed by atoms with Crippen molar-refractivity contribution in [3.63, 3.8) is 0 Å². The molecule has 142 heavy (non-hydrogen) atoms. The minimum atomic E-state index is -0.667. The van der Waals surface area contributed by atoms with Gasteiger partial charge in [-0.15, -0.1) is 6.42 Å². The summed E-state index contributed by atoms with van der Waals surface area (Å²) in [6.45, 7) is 32.4. The number of nitrogens with two attached hydrogens (primary N) is 4. The fourth-order valence-corrected chi connectivity index (χ4v) is 18.4. The van der Waals surface area contributed by atoms with Crippen LogP contribution in [0.15, 0.2) is 78.9 Å². The smallest absolute Gasteiger partial charge is 0.870 e. The summed E-state index contributed by atoms with van der Waals surface area (Å²) in [7, 11) is 11.2. The number of nitrogen functional groups attached to an aromatic ring is 4. The molecule has 3 amide bonds. The Morgan fingerprint density at radius 1 is 0.444 bits per heavy atom. The Kier molecular flexibility index (Phi) is 43.0. The second kappa shape index (κ2) is 51.6. The van der Waals surface area contributed by atoms with E-state index in [0.717, 1.165) is 36.1 Å². The van der Waals surface area contributed by atoms with Gasteiger partial charge in [0.05, 0.1) is 62.9 Å². The van der Waals surface area contributed by atoms with Gasteiger partial charge in [-0.3, -0.25) is 16.0 Å². The molecule has 0 bridgehead atoms. The van der Waals surface area contributed by atoms with E-state index in [0.29, 0.717) is 102 Å². The molecule has 8 unspecified atom stereocenters. The van der Waals surface area contributed by atoms with E-state index in [1.54, 1.807) is 58.3 Å². The molecule has 40 heteroatoms. The van der Waals surface area contributed by atoms with Crippen molar-refractivity contribution >= 4 is 96.8 Å². The van der Waals surface area contributed by atoms with Gasteiger partial charge in [0.2, 0.25) is 5.91 Å². The van der Waals surface area contributed by atoms with Crippen LogP contribution < -0.4 is 95.6 Å². The van der Waals surface area contributed by atoms with E-state index >= 15 is 13.2 Å². The monoisotopic (exact) mass is 1980 g/mol. The van der Waals surface area contributed by atoms with Crippen molar-refractivity contribution in [2.75, 3.05) is 92.9 Å². The molecule has 772 valence electrons. The molecule has 10 atom stereocenters. The average molecular weight is 1980 g/mol. The van der Waals surface area contributed by atoms with Gasteiger partial charge in [-0.25, -0.2) is 75.8 Å². The van der Waals surface area contributed by atoms with Crippen molar-refractivity contribution in [3.05, 3.63) is 148 Å². The standard InChI is InChI=1S/C28H35F2N5O3.C22H31FN4O4.C22H29FN4O4.C17H23FN4O2.C11H13FNO.2CH4.Li.H2O/c1-6-32-21(17-7-9-19(29)10-8-17)14-23(36)35-15(2)11-18(12-16(35)3)28-33-25-20(27(31)34-28)13-22(37-4)26(38-5)24(25)30;2*1-11-8-13(9-12(2)27(11)21(28)31-22(3,4)5)20-25-17-14(19(24)26-20)10-15(29-6)18(30-7)16(17)23;1-8-5-10(6-9(2)20-8)17-21-14-11(16(19)22-17)7-12(23-3)15(24-4)13(14)18;1-2-13-11(7-8-14)9-3-5-10(12)6-4-9;;;;/h7-10,13,15-16,18,21,32H,6,11-12,14H2,1-5H3,(H2,31,33,34);10-13H,8-9H2,1-7H3,(H2,24,25,26);8,10-12H,9H2,1-7H3,(H2,24,25,26);7-10,20H,5-6H2,1-4H3,(H2,19,21,22);3-6,11,13H,2,7H2,1H3;2*1H4;;1H2/q;;;;-1;;;+1;/p-1/t15?,16?,18?,21-;;;;11-;;;;/m1...1..../s1. The molecule has 12 N–H and O–H groups in total. The van der Waals surface area contributed by atoms with Crippen LogP contribution in [0, 0.1) is 34.9 Å². The number of benzene rings is 6. The molecule has 3 fully saturated rings. The van der Waals surface area contributed by atoms with Gasteiger partial charge in [0.15, 0.2) is 75.1 Å². The molecule has 4 aliphatic rings. The SMILES string of the molecule is C.C.CCN[C@H](CC(=O)N1C(C)CC(c2nc(N)c3cc(OC)c(OC)c(F)c3n2)CC1C)c1ccc(F)cc1.CCN[C@H](C[C-]=O)c1ccc(F)cc1.COc1cc2c(N)nc(C3=CC(C)N(C(=O)OC(C)(C)C)C(C)C3)nc2c(F)c1OC.COc1cc2c(N)nc(C3CC(C)N(C(=O)OC(C)(C)C)C(C)C3)nc2c(F)c1OC.COc1cc2c(N)nc(C3CC(C)NC(C)C3)nc2c(F)c1OC.[Li+].[OH-]. The first-order valence-corrected chi connectivity index (χ1v) is 46.0. The number of anilines is 4. The van der Waals surface area contributed by atoms with Crippen molar-refractivity contribution in [2.24, 2.45) is 0 Å². The fraction of sp³-hybridized carbons (Fsp3) is 0.510. The number of carbonyl (C=O) groups is 3. The summed E-state index contributed by atoms with van der Waals surface area (Å²) in [6.07, 6.45) is 8.27. The summed E-state index contributed by atoms with van der Waals surface area (Å²) in [5, 5.41) is 11.4. The van der Waals surface area contributed by atoms with Gasteiger partial charge in [-0.2, -0.15) is 0 Å². The Hall–Kier alpha value is -12.3. The van der Waals surface area contributed by atoms with Gasteiger partial charge in [-0.05, 0) is 220 Å². The Balaban J connectivity index is 0.000000277. The number of fused-ring (bicyclic) bond motifs is 4. The van der Waals surface area contributed by atoms with Crippen LogP contribution in [0.3, 0.4) is 0 Å². The van der Waals surface area contributed by atoms with Gasteiger partial charge < -0.3 is 106 Å². The number of hydrogen-bond donors (Lipinski definition) is 7. The van der Waals surface area contributed by atoms with Gasteiger partial charge in [0.1, 0.15) is 85.6 Å². The largest absolute Gasteiger partial charge is 1.00 e. The number of rotatable bonds is 22. The number of carbonyl (C=O) groups excluding carboxylic acids is 4. The number of hydrogen-bond acceptors (Lipinski definition) is 30. The molecule has 4 aromatic heterocycles. The van der Waals surface area contributed by atoms with Crippen LogP contribution >= 0.6 is 0 Å². The predicted molar refractivity (Wildman–Crippen MR) is 534 cm³/mol. The molecule has 3 saturated heterocycles. The molecular weight excluding hydrogens is 1840 g/mol. The molecule has 0 radical (unpaired) electrons. The van der Waals surface area contributed by atoms with E-state index in [1.165, 1.54) is 81.1 Å². The number of nitrogens with one attached hydrogen (secondary N) is 3. The second-order valence-electron chi connectivity index (χ2n) is 36.9. The molecular formula is C102H140F6LiN18O15-. The topological polar surface area (TPSA) is 444 Å². The number of methoxy groups -OCH3 is 8. The predicted octanol–water partition coefficient (Wildman–Crippen LogP) is 15.8. The first-order valence-electron chi connectivity index (χ1n) is 46.0. The van der Waals surface area contributed by atoms with Crippen molar-refractivity contribution in [3.8, 4) is 46.0 Å². The molecule has 10 aromatic rings. The molecule has 0 aliphatic carbocycles. The second-order valence-corrected chi connectivity index (χ2v) is 36.9. The van der Waals surface area contributed by atoms with E-state index in [4.69, 9.17) is 70.3 Å². The van der Waals surface area contributed by atoms with Gasteiger partial charge >= 0.3 is 31.0 Å². The summed E-state index contributed by atoms with van der Waals surface area (Å²) in [5.74, 6) is 0.253. The zero-order valence-electron chi connectivity index (χ0n) is 84.4. The average Bonchev–Trinajstić information content (AvgIpc) is 0.770. The summed E-state index contributed by atoms with van der Waals surface area (Å²) >= 11 is 0. The molecule has 0 saturated carbocycles.